The molecule has 0 N–H and O–H groups in total. The minimum absolute atomic E-state index is 0.210. The molecule has 3 heteroatoms. The van der Waals surface area contributed by atoms with Crippen LogP contribution in [0.2, 0.25) is 0 Å². The molecule has 0 aliphatic heterocycles. The van der Waals surface area contributed by atoms with Crippen LogP contribution in [0.3, 0.4) is 0 Å². The van der Waals surface area contributed by atoms with Crippen molar-refractivity contribution in [1.29, 1.82) is 0 Å². The molecule has 0 saturated carbocycles. The molecular weight excluding hydrogens is 121 g/mol. The lowest BCUT2D eigenvalue weighted by molar-refractivity contribution is 0.312. The topological polar surface area (TPSA) is 26.0 Å². The van der Waals surface area contributed by atoms with Crippen LogP contribution in [0.1, 0.15) is 25.5 Å². The molecule has 1 aromatic heterocycles. The fourth-order valence-electron chi connectivity index (χ4n) is 0.531. The highest BCUT2D eigenvalue weighted by molar-refractivity contribution is 4.94. The summed E-state index contributed by atoms with van der Waals surface area (Å²) < 4.78 is 16.6. The molecule has 9 heavy (non-hydrogen) atoms. The maximum absolute atomic E-state index is 12.0. The molecule has 0 aliphatic carbocycles. The molecule has 0 atom stereocenters. The van der Waals surface area contributed by atoms with Crippen LogP contribution in [0.25, 0.3) is 0 Å². The monoisotopic (exact) mass is 129 g/mol. The van der Waals surface area contributed by atoms with Gasteiger partial charge in [0.15, 0.2) is 0 Å². The highest BCUT2D eigenvalue weighted by Gasteiger charge is 2.04. The van der Waals surface area contributed by atoms with Gasteiger partial charge in [-0.3, -0.25) is 0 Å². The van der Waals surface area contributed by atoms with Crippen molar-refractivity contribution in [3.8, 4) is 0 Å². The molecule has 0 saturated heterocycles. The number of rotatable bonds is 1. The molecule has 2 nitrogen and oxygen atoms in total. The van der Waals surface area contributed by atoms with Crippen LogP contribution in [0.5, 0.6) is 0 Å². The zero-order valence-corrected chi connectivity index (χ0v) is 5.39. The van der Waals surface area contributed by atoms with Gasteiger partial charge in [0.2, 0.25) is 0 Å². The summed E-state index contributed by atoms with van der Waals surface area (Å²) in [6.45, 7) is 3.83. The Morgan fingerprint density at radius 2 is 2.33 bits per heavy atom. The van der Waals surface area contributed by atoms with Gasteiger partial charge < -0.3 is 4.42 Å². The van der Waals surface area contributed by atoms with Gasteiger partial charge in [-0.2, -0.15) is 4.98 Å². The van der Waals surface area contributed by atoms with Gasteiger partial charge in [-0.25, -0.2) is 0 Å². The molecule has 1 heterocycles. The molecule has 0 aromatic carbocycles. The van der Waals surface area contributed by atoms with E-state index in [1.807, 2.05) is 13.8 Å². The van der Waals surface area contributed by atoms with Crippen LogP contribution in [0, 0.1) is 6.14 Å². The summed E-state index contributed by atoms with van der Waals surface area (Å²) >= 11 is 0. The molecule has 0 amide bonds. The van der Waals surface area contributed by atoms with Crippen molar-refractivity contribution in [2.75, 3.05) is 0 Å². The number of hydrogen-bond acceptors (Lipinski definition) is 2. The zero-order chi connectivity index (χ0) is 6.85. The molecule has 50 valence electrons. The second-order valence-corrected chi connectivity index (χ2v) is 2.17. The van der Waals surface area contributed by atoms with Gasteiger partial charge in [-0.05, 0) is 0 Å². The first-order chi connectivity index (χ1) is 4.20. The van der Waals surface area contributed by atoms with Crippen molar-refractivity contribution in [1.82, 2.24) is 4.98 Å². The van der Waals surface area contributed by atoms with E-state index in [0.717, 1.165) is 0 Å². The number of oxazole rings is 1. The Labute approximate surface area is 52.7 Å². The molecular formula is C6H8FNO. The fraction of sp³-hybridized carbons (Fsp3) is 0.500. The van der Waals surface area contributed by atoms with E-state index in [9.17, 15) is 4.39 Å². The number of aromatic nitrogens is 1. The highest BCUT2D eigenvalue weighted by atomic mass is 19.1. The van der Waals surface area contributed by atoms with Crippen LogP contribution >= 0.6 is 0 Å². The van der Waals surface area contributed by atoms with E-state index in [1.165, 1.54) is 6.20 Å². The average Bonchev–Trinajstić information content (AvgIpc) is 2.14. The van der Waals surface area contributed by atoms with E-state index in [0.29, 0.717) is 5.76 Å². The summed E-state index contributed by atoms with van der Waals surface area (Å²) in [5.41, 5.74) is 0. The largest absolute Gasteiger partial charge is 0.420 e. The number of halogens is 1. The van der Waals surface area contributed by atoms with Crippen molar-refractivity contribution in [3.63, 3.8) is 0 Å². The second kappa shape index (κ2) is 2.17. The lowest BCUT2D eigenvalue weighted by Gasteiger charge is -1.93. The first-order valence-corrected chi connectivity index (χ1v) is 2.81. The smallest absolute Gasteiger partial charge is 0.381 e. The lowest BCUT2D eigenvalue weighted by atomic mass is 10.2. The zero-order valence-electron chi connectivity index (χ0n) is 5.39. The Bertz CT molecular complexity index is 195. The molecule has 0 fully saturated rings. The number of nitrogens with zero attached hydrogens (tertiary/aromatic N) is 1. The average molecular weight is 129 g/mol. The Morgan fingerprint density at radius 1 is 1.67 bits per heavy atom. The van der Waals surface area contributed by atoms with Crippen molar-refractivity contribution in [3.05, 3.63) is 18.1 Å². The quantitative estimate of drug-likeness (QED) is 0.579. The van der Waals surface area contributed by atoms with Gasteiger partial charge in [0.05, 0.1) is 6.20 Å². The maximum Gasteiger partial charge on any atom is 0.381 e. The molecule has 0 radical (unpaired) electrons. The van der Waals surface area contributed by atoms with E-state index in [4.69, 9.17) is 0 Å². The molecule has 1 aromatic rings. The molecule has 0 spiro atoms. The second-order valence-electron chi connectivity index (χ2n) is 2.17. The normalized spacial score (nSPS) is 10.7. The predicted octanol–water partition coefficient (Wildman–Crippen LogP) is 1.94. The van der Waals surface area contributed by atoms with Crippen LogP contribution < -0.4 is 0 Å². The molecule has 0 aliphatic rings. The van der Waals surface area contributed by atoms with Crippen LogP contribution in [-0.4, -0.2) is 4.98 Å². The highest BCUT2D eigenvalue weighted by Crippen LogP contribution is 2.13. The Balaban J connectivity index is 2.85. The summed E-state index contributed by atoms with van der Waals surface area (Å²) in [6.07, 6.45) is 0.652. The Morgan fingerprint density at radius 3 is 2.56 bits per heavy atom. The predicted molar refractivity (Wildman–Crippen MR) is 30.5 cm³/mol. The summed E-state index contributed by atoms with van der Waals surface area (Å²) in [5.74, 6) is 0.800. The van der Waals surface area contributed by atoms with Gasteiger partial charge in [0, 0.05) is 5.92 Å². The first-order valence-electron chi connectivity index (χ1n) is 2.81. The van der Waals surface area contributed by atoms with E-state index >= 15 is 0 Å². The van der Waals surface area contributed by atoms with Gasteiger partial charge in [-0.15, -0.1) is 4.39 Å². The van der Waals surface area contributed by atoms with Gasteiger partial charge >= 0.3 is 6.14 Å². The van der Waals surface area contributed by atoms with Crippen LogP contribution in [0.15, 0.2) is 10.6 Å². The maximum atomic E-state index is 12.0. The van der Waals surface area contributed by atoms with E-state index < -0.39 is 6.14 Å². The molecule has 0 bridgehead atoms. The summed E-state index contributed by atoms with van der Waals surface area (Å²) in [7, 11) is 0. The molecule has 0 unspecified atom stereocenters. The number of hydrogen-bond donors (Lipinski definition) is 0. The van der Waals surface area contributed by atoms with Gasteiger partial charge in [0.1, 0.15) is 5.76 Å². The van der Waals surface area contributed by atoms with E-state index in [-0.39, 0.29) is 5.92 Å². The first kappa shape index (κ1) is 6.26. The third-order valence-corrected chi connectivity index (χ3v) is 1.06. The van der Waals surface area contributed by atoms with E-state index in [1.54, 1.807) is 0 Å². The SMILES string of the molecule is CC(C)c1cnc(F)o1. The van der Waals surface area contributed by atoms with E-state index in [2.05, 4.69) is 9.40 Å². The summed E-state index contributed by atoms with van der Waals surface area (Å²) in [5, 5.41) is 0. The van der Waals surface area contributed by atoms with Crippen molar-refractivity contribution < 1.29 is 8.81 Å². The molecule has 1 rings (SSSR count). The minimum atomic E-state index is -0.751. The fourth-order valence-corrected chi connectivity index (χ4v) is 0.531. The Kier molecular flexibility index (Phi) is 1.51. The van der Waals surface area contributed by atoms with Crippen molar-refractivity contribution >= 4 is 0 Å². The standard InChI is InChI=1S/C6H8FNO/c1-4(2)5-3-8-6(7)9-5/h3-4H,1-2H3. The van der Waals surface area contributed by atoms with Gasteiger partial charge in [-0.1, -0.05) is 13.8 Å². The van der Waals surface area contributed by atoms with Crippen LogP contribution in [-0.2, 0) is 0 Å². The summed E-state index contributed by atoms with van der Waals surface area (Å²) in [4.78, 5) is 3.30. The van der Waals surface area contributed by atoms with Crippen molar-refractivity contribution in [2.45, 2.75) is 19.8 Å². The lowest BCUT2D eigenvalue weighted by Crippen LogP contribution is -1.80. The Hall–Kier alpha value is -0.860. The third kappa shape index (κ3) is 1.28. The minimum Gasteiger partial charge on any atom is -0.420 e. The van der Waals surface area contributed by atoms with Crippen molar-refractivity contribution in [2.24, 2.45) is 0 Å². The third-order valence-electron chi connectivity index (χ3n) is 1.06. The van der Waals surface area contributed by atoms with Crippen LogP contribution in [0.4, 0.5) is 4.39 Å². The summed E-state index contributed by atoms with van der Waals surface area (Å²) in [6, 6.07) is 0. The van der Waals surface area contributed by atoms with Gasteiger partial charge in [0.25, 0.3) is 0 Å².